The Kier molecular flexibility index (Phi) is 5.03. The van der Waals surface area contributed by atoms with Gasteiger partial charge in [-0.15, -0.1) is 11.3 Å². The third kappa shape index (κ3) is 3.47. The highest BCUT2D eigenvalue weighted by Gasteiger charge is 2.24. The lowest BCUT2D eigenvalue weighted by Gasteiger charge is -2.19. The molecule has 0 radical (unpaired) electrons. The van der Waals surface area contributed by atoms with E-state index in [0.717, 1.165) is 21.6 Å². The minimum atomic E-state index is -0.754. The van der Waals surface area contributed by atoms with Crippen LogP contribution >= 0.6 is 11.3 Å². The van der Waals surface area contributed by atoms with Crippen molar-refractivity contribution in [3.63, 3.8) is 0 Å². The SMILES string of the molecule is CCC(C(N)=O)n1c(-c2ccc(C)cc2)nc2sc(-c3ccccc3)cc2c1=O. The summed E-state index contributed by atoms with van der Waals surface area (Å²) in [5.41, 5.74) is 8.31. The average molecular weight is 404 g/mol. The van der Waals surface area contributed by atoms with E-state index in [4.69, 9.17) is 10.7 Å². The van der Waals surface area contributed by atoms with Crippen molar-refractivity contribution in [2.45, 2.75) is 26.3 Å². The molecule has 0 spiro atoms. The predicted octanol–water partition coefficient (Wildman–Crippen LogP) is 4.54. The number of fused-ring (bicyclic) bond motifs is 1. The van der Waals surface area contributed by atoms with E-state index in [1.54, 1.807) is 0 Å². The van der Waals surface area contributed by atoms with Crippen LogP contribution in [0.5, 0.6) is 0 Å². The Morgan fingerprint density at radius 3 is 2.41 bits per heavy atom. The second kappa shape index (κ2) is 7.64. The second-order valence-corrected chi connectivity index (χ2v) is 8.03. The maximum absolute atomic E-state index is 13.5. The molecule has 5 nitrogen and oxygen atoms in total. The maximum atomic E-state index is 13.5. The summed E-state index contributed by atoms with van der Waals surface area (Å²) in [4.78, 5) is 32.0. The van der Waals surface area contributed by atoms with Gasteiger partial charge in [-0.2, -0.15) is 0 Å². The van der Waals surface area contributed by atoms with Crippen LogP contribution in [-0.4, -0.2) is 15.5 Å². The predicted molar refractivity (Wildman–Crippen MR) is 118 cm³/mol. The van der Waals surface area contributed by atoms with E-state index in [1.165, 1.54) is 15.9 Å². The molecule has 1 unspecified atom stereocenters. The minimum absolute atomic E-state index is 0.241. The topological polar surface area (TPSA) is 78.0 Å². The monoisotopic (exact) mass is 403 g/mol. The van der Waals surface area contributed by atoms with Gasteiger partial charge in [0, 0.05) is 10.4 Å². The van der Waals surface area contributed by atoms with Gasteiger partial charge in [-0.1, -0.05) is 67.1 Å². The Morgan fingerprint density at radius 2 is 1.79 bits per heavy atom. The summed E-state index contributed by atoms with van der Waals surface area (Å²) >= 11 is 1.47. The number of rotatable bonds is 5. The number of thiophene rings is 1. The van der Waals surface area contributed by atoms with E-state index in [1.807, 2.05) is 74.5 Å². The third-order valence-corrected chi connectivity index (χ3v) is 6.07. The zero-order valence-corrected chi connectivity index (χ0v) is 17.1. The van der Waals surface area contributed by atoms with Crippen LogP contribution in [0.4, 0.5) is 0 Å². The fourth-order valence-electron chi connectivity index (χ4n) is 3.44. The highest BCUT2D eigenvalue weighted by molar-refractivity contribution is 7.21. The molecule has 0 saturated carbocycles. The number of aromatic nitrogens is 2. The van der Waals surface area contributed by atoms with Gasteiger partial charge in [0.25, 0.3) is 5.56 Å². The van der Waals surface area contributed by atoms with E-state index in [-0.39, 0.29) is 5.56 Å². The lowest BCUT2D eigenvalue weighted by molar-refractivity contribution is -0.121. The molecule has 4 aromatic rings. The van der Waals surface area contributed by atoms with Crippen molar-refractivity contribution in [2.24, 2.45) is 5.73 Å². The Balaban J connectivity index is 2.02. The molecule has 2 N–H and O–H groups in total. The standard InChI is InChI=1S/C23H21N3O2S/c1-3-18(20(24)27)26-21(16-11-9-14(2)10-12-16)25-22-17(23(26)28)13-19(29-22)15-7-5-4-6-8-15/h4-13,18H,3H2,1-2H3,(H2,24,27). The fraction of sp³-hybridized carbons (Fsp3) is 0.174. The summed E-state index contributed by atoms with van der Waals surface area (Å²) in [6.45, 7) is 3.84. The second-order valence-electron chi connectivity index (χ2n) is 7.00. The molecule has 1 atom stereocenters. The summed E-state index contributed by atoms with van der Waals surface area (Å²) in [7, 11) is 0. The zero-order valence-electron chi connectivity index (χ0n) is 16.3. The number of amides is 1. The van der Waals surface area contributed by atoms with Crippen molar-refractivity contribution in [3.05, 3.63) is 76.6 Å². The molecule has 1 amide bonds. The lowest BCUT2D eigenvalue weighted by Crippen LogP contribution is -2.35. The van der Waals surface area contributed by atoms with Gasteiger partial charge in [-0.05, 0) is 25.0 Å². The smallest absolute Gasteiger partial charge is 0.263 e. The van der Waals surface area contributed by atoms with Crippen molar-refractivity contribution < 1.29 is 4.79 Å². The molecule has 0 aliphatic rings. The maximum Gasteiger partial charge on any atom is 0.263 e. The van der Waals surface area contributed by atoms with Crippen molar-refractivity contribution in [2.75, 3.05) is 0 Å². The number of aryl methyl sites for hydroxylation is 1. The molecule has 0 aliphatic carbocycles. The molecular formula is C23H21N3O2S. The quantitative estimate of drug-likeness (QED) is 0.531. The van der Waals surface area contributed by atoms with E-state index in [2.05, 4.69) is 0 Å². The molecular weight excluding hydrogens is 382 g/mol. The Bertz CT molecular complexity index is 1240. The third-order valence-electron chi connectivity index (χ3n) is 4.99. The van der Waals surface area contributed by atoms with Crippen LogP contribution in [0.3, 0.4) is 0 Å². The first kappa shape index (κ1) is 19.1. The molecule has 0 fully saturated rings. The zero-order chi connectivity index (χ0) is 20.5. The van der Waals surface area contributed by atoms with Gasteiger partial charge >= 0.3 is 0 Å². The number of primary amides is 1. The normalized spacial score (nSPS) is 12.2. The molecule has 0 bridgehead atoms. The van der Waals surface area contributed by atoms with Crippen molar-refractivity contribution in [1.29, 1.82) is 0 Å². The first-order valence-electron chi connectivity index (χ1n) is 9.47. The molecule has 6 heteroatoms. The van der Waals surface area contributed by atoms with Gasteiger partial charge in [0.2, 0.25) is 5.91 Å². The van der Waals surface area contributed by atoms with Crippen LogP contribution in [0.2, 0.25) is 0 Å². The van der Waals surface area contributed by atoms with Gasteiger partial charge in [-0.3, -0.25) is 14.2 Å². The van der Waals surface area contributed by atoms with Crippen molar-refractivity contribution in [3.8, 4) is 21.8 Å². The molecule has 146 valence electrons. The van der Waals surface area contributed by atoms with Crippen LogP contribution in [0.1, 0.15) is 24.9 Å². The number of carbonyl (C=O) groups excluding carboxylic acids is 1. The highest BCUT2D eigenvalue weighted by atomic mass is 32.1. The minimum Gasteiger partial charge on any atom is -0.368 e. The van der Waals surface area contributed by atoms with Crippen LogP contribution in [0.15, 0.2) is 65.5 Å². The van der Waals surface area contributed by atoms with Gasteiger partial charge in [-0.25, -0.2) is 4.98 Å². The molecule has 2 aromatic carbocycles. The van der Waals surface area contributed by atoms with Crippen LogP contribution < -0.4 is 11.3 Å². The van der Waals surface area contributed by atoms with Crippen molar-refractivity contribution in [1.82, 2.24) is 9.55 Å². The summed E-state index contributed by atoms with van der Waals surface area (Å²) < 4.78 is 1.46. The van der Waals surface area contributed by atoms with Gasteiger partial charge in [0.05, 0.1) is 5.39 Å². The number of nitrogens with zero attached hydrogens (tertiary/aromatic N) is 2. The average Bonchev–Trinajstić information content (AvgIpc) is 3.16. The van der Waals surface area contributed by atoms with Crippen LogP contribution in [0.25, 0.3) is 32.0 Å². The molecule has 29 heavy (non-hydrogen) atoms. The Labute approximate surface area is 172 Å². The largest absolute Gasteiger partial charge is 0.368 e. The summed E-state index contributed by atoms with van der Waals surface area (Å²) in [6.07, 6.45) is 0.414. The van der Waals surface area contributed by atoms with Crippen molar-refractivity contribution >= 4 is 27.5 Å². The van der Waals surface area contributed by atoms with E-state index >= 15 is 0 Å². The van der Waals surface area contributed by atoms with Crippen LogP contribution in [-0.2, 0) is 4.79 Å². The van der Waals surface area contributed by atoms with E-state index in [0.29, 0.717) is 22.5 Å². The molecule has 2 aromatic heterocycles. The number of carbonyl (C=O) groups is 1. The Hall–Kier alpha value is -3.25. The number of benzene rings is 2. The summed E-state index contributed by atoms with van der Waals surface area (Å²) in [5, 5.41) is 0.504. The first-order chi connectivity index (χ1) is 14.0. The number of hydrogen-bond donors (Lipinski definition) is 1. The highest BCUT2D eigenvalue weighted by Crippen LogP contribution is 2.33. The van der Waals surface area contributed by atoms with E-state index in [9.17, 15) is 9.59 Å². The fourth-order valence-corrected chi connectivity index (χ4v) is 4.47. The molecule has 0 saturated heterocycles. The Morgan fingerprint density at radius 1 is 1.10 bits per heavy atom. The number of nitrogens with two attached hydrogens (primary N) is 1. The first-order valence-corrected chi connectivity index (χ1v) is 10.3. The molecule has 0 aliphatic heterocycles. The van der Waals surface area contributed by atoms with Gasteiger partial charge in [0.1, 0.15) is 16.7 Å². The summed E-state index contributed by atoms with van der Waals surface area (Å²) in [5.74, 6) is -0.0720. The lowest BCUT2D eigenvalue weighted by atomic mass is 10.1. The summed E-state index contributed by atoms with van der Waals surface area (Å²) in [6, 6.07) is 18.7. The van der Waals surface area contributed by atoms with E-state index < -0.39 is 11.9 Å². The molecule has 4 rings (SSSR count). The number of hydrogen-bond acceptors (Lipinski definition) is 4. The molecule has 2 heterocycles. The van der Waals surface area contributed by atoms with Gasteiger partial charge in [0.15, 0.2) is 0 Å². The van der Waals surface area contributed by atoms with Gasteiger partial charge < -0.3 is 5.73 Å². The van der Waals surface area contributed by atoms with Crippen LogP contribution in [0, 0.1) is 6.92 Å².